The summed E-state index contributed by atoms with van der Waals surface area (Å²) in [5.41, 5.74) is 16.2. The van der Waals surface area contributed by atoms with E-state index in [2.05, 4.69) is 0 Å². The molecule has 0 aliphatic carbocycles. The molecule has 5 N–H and O–H groups in total. The summed E-state index contributed by atoms with van der Waals surface area (Å²) in [5, 5.41) is 8.97. The zero-order chi connectivity index (χ0) is 12.3. The van der Waals surface area contributed by atoms with Crippen LogP contribution in [0.4, 0.5) is 11.4 Å². The lowest BCUT2D eigenvalue weighted by atomic mass is 9.99. The zero-order valence-corrected chi connectivity index (χ0v) is 9.56. The summed E-state index contributed by atoms with van der Waals surface area (Å²) in [6.45, 7) is 0.102. The van der Waals surface area contributed by atoms with E-state index in [4.69, 9.17) is 16.6 Å². The minimum atomic E-state index is 0.102. The van der Waals surface area contributed by atoms with Crippen LogP contribution in [0.3, 0.4) is 0 Å². The molecule has 3 heteroatoms. The molecule has 0 aromatic heterocycles. The van der Waals surface area contributed by atoms with E-state index in [1.807, 2.05) is 42.5 Å². The molecule has 3 nitrogen and oxygen atoms in total. The van der Waals surface area contributed by atoms with Crippen LogP contribution in [0.2, 0.25) is 0 Å². The minimum absolute atomic E-state index is 0.102. The third-order valence-corrected chi connectivity index (χ3v) is 2.78. The standard InChI is InChI=1S/C14H16N2O/c15-12-5-1-4-11(9-12)13-6-2-3-10(7-8-17)14(13)16/h1-6,9,17H,7-8,15-16H2. The highest BCUT2D eigenvalue weighted by atomic mass is 16.2. The van der Waals surface area contributed by atoms with Crippen molar-refractivity contribution in [2.75, 3.05) is 18.1 Å². The molecule has 0 amide bonds. The Kier molecular flexibility index (Phi) is 3.30. The third-order valence-electron chi connectivity index (χ3n) is 2.78. The predicted molar refractivity (Wildman–Crippen MR) is 71.5 cm³/mol. The van der Waals surface area contributed by atoms with Crippen molar-refractivity contribution in [3.63, 3.8) is 0 Å². The number of hydrogen-bond acceptors (Lipinski definition) is 3. The van der Waals surface area contributed by atoms with E-state index < -0.39 is 0 Å². The van der Waals surface area contributed by atoms with Crippen molar-refractivity contribution in [1.29, 1.82) is 0 Å². The van der Waals surface area contributed by atoms with Crippen LogP contribution in [0.25, 0.3) is 11.1 Å². The molecule has 0 atom stereocenters. The van der Waals surface area contributed by atoms with Crippen molar-refractivity contribution in [2.45, 2.75) is 6.42 Å². The van der Waals surface area contributed by atoms with E-state index >= 15 is 0 Å². The molecular weight excluding hydrogens is 212 g/mol. The monoisotopic (exact) mass is 228 g/mol. The molecule has 2 aromatic carbocycles. The van der Waals surface area contributed by atoms with Crippen LogP contribution in [0, 0.1) is 0 Å². The number of aliphatic hydroxyl groups is 1. The van der Waals surface area contributed by atoms with Gasteiger partial charge < -0.3 is 16.6 Å². The summed E-state index contributed by atoms with van der Waals surface area (Å²) >= 11 is 0. The van der Waals surface area contributed by atoms with Crippen molar-refractivity contribution in [3.8, 4) is 11.1 Å². The lowest BCUT2D eigenvalue weighted by Gasteiger charge is -2.10. The fourth-order valence-corrected chi connectivity index (χ4v) is 1.91. The second-order valence-electron chi connectivity index (χ2n) is 3.98. The number of rotatable bonds is 3. The summed E-state index contributed by atoms with van der Waals surface area (Å²) in [6.07, 6.45) is 0.571. The van der Waals surface area contributed by atoms with Crippen molar-refractivity contribution < 1.29 is 5.11 Å². The molecule has 0 radical (unpaired) electrons. The first-order chi connectivity index (χ1) is 8.22. The second kappa shape index (κ2) is 4.89. The first-order valence-corrected chi connectivity index (χ1v) is 5.56. The molecule has 0 aliphatic rings. The van der Waals surface area contributed by atoms with Crippen LogP contribution in [0.5, 0.6) is 0 Å². The quantitative estimate of drug-likeness (QED) is 0.704. The SMILES string of the molecule is Nc1cccc(-c2cccc(CCO)c2N)c1. The average molecular weight is 228 g/mol. The van der Waals surface area contributed by atoms with Gasteiger partial charge in [-0.05, 0) is 29.7 Å². The van der Waals surface area contributed by atoms with Crippen molar-refractivity contribution in [2.24, 2.45) is 0 Å². The second-order valence-corrected chi connectivity index (χ2v) is 3.98. The van der Waals surface area contributed by atoms with Gasteiger partial charge in [0, 0.05) is 23.5 Å². The normalized spacial score (nSPS) is 10.4. The Morgan fingerprint density at radius 2 is 1.76 bits per heavy atom. The van der Waals surface area contributed by atoms with E-state index in [-0.39, 0.29) is 6.61 Å². The van der Waals surface area contributed by atoms with Gasteiger partial charge in [0.15, 0.2) is 0 Å². The maximum atomic E-state index is 8.97. The lowest BCUT2D eigenvalue weighted by Crippen LogP contribution is -1.99. The average Bonchev–Trinajstić information content (AvgIpc) is 2.32. The van der Waals surface area contributed by atoms with E-state index in [0.29, 0.717) is 12.1 Å². The Hall–Kier alpha value is -2.00. The minimum Gasteiger partial charge on any atom is -0.399 e. The van der Waals surface area contributed by atoms with Gasteiger partial charge in [-0.1, -0.05) is 30.3 Å². The first kappa shape index (κ1) is 11.5. The fraction of sp³-hybridized carbons (Fsp3) is 0.143. The number of para-hydroxylation sites is 1. The van der Waals surface area contributed by atoms with Gasteiger partial charge in [0.05, 0.1) is 0 Å². The summed E-state index contributed by atoms with van der Waals surface area (Å²) < 4.78 is 0. The Bertz CT molecular complexity index is 523. The van der Waals surface area contributed by atoms with E-state index in [1.54, 1.807) is 0 Å². The summed E-state index contributed by atoms with van der Waals surface area (Å²) in [4.78, 5) is 0. The van der Waals surface area contributed by atoms with Gasteiger partial charge in [-0.15, -0.1) is 0 Å². The van der Waals surface area contributed by atoms with E-state index in [9.17, 15) is 0 Å². The number of aliphatic hydroxyl groups excluding tert-OH is 1. The number of anilines is 2. The molecule has 0 saturated heterocycles. The highest BCUT2D eigenvalue weighted by molar-refractivity contribution is 5.80. The molecule has 0 heterocycles. The Morgan fingerprint density at radius 3 is 2.47 bits per heavy atom. The molecule has 0 bridgehead atoms. The number of nitrogen functional groups attached to an aromatic ring is 2. The largest absolute Gasteiger partial charge is 0.399 e. The molecular formula is C14H16N2O. The third kappa shape index (κ3) is 2.40. The molecule has 0 fully saturated rings. The number of hydrogen-bond donors (Lipinski definition) is 3. The van der Waals surface area contributed by atoms with Gasteiger partial charge in [0.2, 0.25) is 0 Å². The highest BCUT2D eigenvalue weighted by Crippen LogP contribution is 2.29. The van der Waals surface area contributed by atoms with Crippen LogP contribution >= 0.6 is 0 Å². The Morgan fingerprint density at radius 1 is 1.00 bits per heavy atom. The maximum absolute atomic E-state index is 8.97. The highest BCUT2D eigenvalue weighted by Gasteiger charge is 2.06. The van der Waals surface area contributed by atoms with Gasteiger partial charge >= 0.3 is 0 Å². The predicted octanol–water partition coefficient (Wildman–Crippen LogP) is 2.05. The van der Waals surface area contributed by atoms with Gasteiger partial charge in [0.1, 0.15) is 0 Å². The van der Waals surface area contributed by atoms with Crippen molar-refractivity contribution >= 4 is 11.4 Å². The van der Waals surface area contributed by atoms with E-state index in [1.165, 1.54) is 0 Å². The van der Waals surface area contributed by atoms with Crippen LogP contribution < -0.4 is 11.5 Å². The van der Waals surface area contributed by atoms with Crippen molar-refractivity contribution in [1.82, 2.24) is 0 Å². The van der Waals surface area contributed by atoms with Gasteiger partial charge in [-0.25, -0.2) is 0 Å². The lowest BCUT2D eigenvalue weighted by molar-refractivity contribution is 0.300. The topological polar surface area (TPSA) is 72.3 Å². The summed E-state index contributed by atoms with van der Waals surface area (Å²) in [6, 6.07) is 13.5. The van der Waals surface area contributed by atoms with Crippen LogP contribution in [0.15, 0.2) is 42.5 Å². The Balaban J connectivity index is 2.49. The first-order valence-electron chi connectivity index (χ1n) is 5.56. The fourth-order valence-electron chi connectivity index (χ4n) is 1.91. The zero-order valence-electron chi connectivity index (χ0n) is 9.56. The molecule has 2 rings (SSSR count). The smallest absolute Gasteiger partial charge is 0.0472 e. The molecule has 2 aromatic rings. The molecule has 0 spiro atoms. The molecule has 17 heavy (non-hydrogen) atoms. The van der Waals surface area contributed by atoms with E-state index in [0.717, 1.165) is 22.4 Å². The number of nitrogens with two attached hydrogens (primary N) is 2. The Labute approximate surface area is 101 Å². The molecule has 0 saturated carbocycles. The summed E-state index contributed by atoms with van der Waals surface area (Å²) in [7, 11) is 0. The van der Waals surface area contributed by atoms with Gasteiger partial charge in [-0.3, -0.25) is 0 Å². The maximum Gasteiger partial charge on any atom is 0.0472 e. The molecule has 0 unspecified atom stereocenters. The van der Waals surface area contributed by atoms with Crippen molar-refractivity contribution in [3.05, 3.63) is 48.0 Å². The van der Waals surface area contributed by atoms with Crippen LogP contribution in [-0.4, -0.2) is 11.7 Å². The van der Waals surface area contributed by atoms with Crippen LogP contribution in [-0.2, 0) is 6.42 Å². The molecule has 88 valence electrons. The van der Waals surface area contributed by atoms with Crippen LogP contribution in [0.1, 0.15) is 5.56 Å². The summed E-state index contributed by atoms with van der Waals surface area (Å²) in [5.74, 6) is 0. The molecule has 0 aliphatic heterocycles. The number of benzene rings is 2. The van der Waals surface area contributed by atoms with Gasteiger partial charge in [0.25, 0.3) is 0 Å². The van der Waals surface area contributed by atoms with Gasteiger partial charge in [-0.2, -0.15) is 0 Å².